The number of carbonyl (C=O) groups is 1. The van der Waals surface area contributed by atoms with Crippen LogP contribution in [0.25, 0.3) is 11.3 Å². The number of rotatable bonds is 4. The van der Waals surface area contributed by atoms with E-state index in [-0.39, 0.29) is 5.91 Å². The first-order chi connectivity index (χ1) is 11.6. The lowest BCUT2D eigenvalue weighted by Gasteiger charge is -2.10. The lowest BCUT2D eigenvalue weighted by atomic mass is 10.1. The predicted molar refractivity (Wildman–Crippen MR) is 97.8 cm³/mol. The highest BCUT2D eigenvalue weighted by Crippen LogP contribution is 2.22. The van der Waals surface area contributed by atoms with E-state index in [1.807, 2.05) is 24.3 Å². The highest BCUT2D eigenvalue weighted by atomic mass is 79.9. The Kier molecular flexibility index (Phi) is 5.23. The van der Waals surface area contributed by atoms with Crippen molar-refractivity contribution in [1.29, 1.82) is 0 Å². The van der Waals surface area contributed by atoms with Gasteiger partial charge in [0.1, 0.15) is 0 Å². The number of pyridine rings is 2. The summed E-state index contributed by atoms with van der Waals surface area (Å²) in [5.41, 5.74) is 3.04. The van der Waals surface area contributed by atoms with Gasteiger partial charge in [-0.3, -0.25) is 14.8 Å². The first-order valence-corrected chi connectivity index (χ1v) is 8.40. The van der Waals surface area contributed by atoms with E-state index in [2.05, 4.69) is 31.2 Å². The van der Waals surface area contributed by atoms with E-state index in [1.165, 1.54) is 0 Å². The van der Waals surface area contributed by atoms with E-state index in [0.29, 0.717) is 17.1 Å². The molecule has 4 nitrogen and oxygen atoms in total. The molecule has 3 rings (SSSR count). The van der Waals surface area contributed by atoms with Crippen LogP contribution >= 0.6 is 27.5 Å². The average Bonchev–Trinajstić information content (AvgIpc) is 2.62. The van der Waals surface area contributed by atoms with Crippen LogP contribution in [0.2, 0.25) is 5.02 Å². The normalized spacial score (nSPS) is 10.4. The molecule has 0 radical (unpaired) electrons. The highest BCUT2D eigenvalue weighted by Gasteiger charge is 2.12. The maximum absolute atomic E-state index is 12.4. The summed E-state index contributed by atoms with van der Waals surface area (Å²) >= 11 is 9.44. The molecule has 1 N–H and O–H groups in total. The van der Waals surface area contributed by atoms with E-state index >= 15 is 0 Å². The van der Waals surface area contributed by atoms with Crippen LogP contribution < -0.4 is 5.32 Å². The fourth-order valence-corrected chi connectivity index (χ4v) is 2.85. The number of hydrogen-bond acceptors (Lipinski definition) is 3. The molecular formula is C18H13BrClN3O. The second-order valence-corrected chi connectivity index (χ2v) is 6.38. The van der Waals surface area contributed by atoms with Gasteiger partial charge in [-0.1, -0.05) is 33.6 Å². The molecule has 6 heteroatoms. The molecule has 3 aromatic rings. The molecule has 2 heterocycles. The minimum absolute atomic E-state index is 0.234. The summed E-state index contributed by atoms with van der Waals surface area (Å²) in [6.07, 6.45) is 5.18. The number of nitrogens with one attached hydrogen (secondary N) is 1. The summed E-state index contributed by atoms with van der Waals surface area (Å²) in [6.45, 7) is 0.347. The summed E-state index contributed by atoms with van der Waals surface area (Å²) in [5.74, 6) is -0.234. The number of nitrogens with zero attached hydrogens (tertiary/aromatic N) is 2. The van der Waals surface area contributed by atoms with Gasteiger partial charge in [0.05, 0.1) is 16.3 Å². The molecule has 120 valence electrons. The molecule has 24 heavy (non-hydrogen) atoms. The monoisotopic (exact) mass is 401 g/mol. The van der Waals surface area contributed by atoms with Crippen molar-refractivity contribution >= 4 is 33.4 Å². The maximum atomic E-state index is 12.4. The van der Waals surface area contributed by atoms with Gasteiger partial charge in [-0.05, 0) is 42.0 Å². The zero-order chi connectivity index (χ0) is 16.9. The first kappa shape index (κ1) is 16.6. The van der Waals surface area contributed by atoms with Crippen LogP contribution in [0.1, 0.15) is 15.9 Å². The van der Waals surface area contributed by atoms with Gasteiger partial charge in [-0.2, -0.15) is 0 Å². The van der Waals surface area contributed by atoms with Crippen molar-refractivity contribution in [3.63, 3.8) is 0 Å². The molecule has 0 spiro atoms. The molecule has 2 aromatic heterocycles. The number of carbonyl (C=O) groups excluding carboxylic acids is 1. The molecule has 0 unspecified atom stereocenters. The fourth-order valence-electron chi connectivity index (χ4n) is 2.29. The third-order valence-corrected chi connectivity index (χ3v) is 4.26. The molecule has 1 aromatic carbocycles. The summed E-state index contributed by atoms with van der Waals surface area (Å²) in [7, 11) is 0. The third kappa shape index (κ3) is 3.80. The van der Waals surface area contributed by atoms with Crippen LogP contribution in [0.5, 0.6) is 0 Å². The molecule has 0 saturated heterocycles. The molecule has 0 atom stereocenters. The average molecular weight is 403 g/mol. The van der Waals surface area contributed by atoms with Crippen molar-refractivity contribution in [3.05, 3.63) is 81.7 Å². The second-order valence-electron chi connectivity index (χ2n) is 5.06. The van der Waals surface area contributed by atoms with Crippen LogP contribution in [-0.4, -0.2) is 15.9 Å². The molecule has 0 bridgehead atoms. The fraction of sp³-hybridized carbons (Fsp3) is 0.0556. The SMILES string of the molecule is O=C(NCc1cccnc1-c1cccnc1)c1cc(Br)ccc1Cl. The quantitative estimate of drug-likeness (QED) is 0.699. The van der Waals surface area contributed by atoms with Crippen molar-refractivity contribution in [3.8, 4) is 11.3 Å². The molecular weight excluding hydrogens is 390 g/mol. The van der Waals surface area contributed by atoms with Crippen LogP contribution in [0, 0.1) is 0 Å². The first-order valence-electron chi connectivity index (χ1n) is 7.22. The summed E-state index contributed by atoms with van der Waals surface area (Å²) in [6, 6.07) is 12.7. The van der Waals surface area contributed by atoms with Gasteiger partial charge >= 0.3 is 0 Å². The summed E-state index contributed by atoms with van der Waals surface area (Å²) in [5, 5.41) is 3.30. The Labute approximate surface area is 153 Å². The number of amides is 1. The maximum Gasteiger partial charge on any atom is 0.253 e. The number of halogens is 2. The van der Waals surface area contributed by atoms with Crippen molar-refractivity contribution < 1.29 is 4.79 Å². The van der Waals surface area contributed by atoms with Gasteiger partial charge in [0.25, 0.3) is 5.91 Å². The Morgan fingerprint density at radius 2 is 2.00 bits per heavy atom. The van der Waals surface area contributed by atoms with Crippen molar-refractivity contribution in [2.24, 2.45) is 0 Å². The zero-order valence-electron chi connectivity index (χ0n) is 12.5. The Morgan fingerprint density at radius 3 is 2.79 bits per heavy atom. The Hall–Kier alpha value is -2.24. The second kappa shape index (κ2) is 7.55. The van der Waals surface area contributed by atoms with Gasteiger partial charge in [-0.25, -0.2) is 0 Å². The number of hydrogen-bond donors (Lipinski definition) is 1. The van der Waals surface area contributed by atoms with Crippen molar-refractivity contribution in [1.82, 2.24) is 15.3 Å². The van der Waals surface area contributed by atoms with Crippen LogP contribution in [0.3, 0.4) is 0 Å². The number of benzene rings is 1. The largest absolute Gasteiger partial charge is 0.348 e. The molecule has 0 saturated carbocycles. The topological polar surface area (TPSA) is 54.9 Å². The van der Waals surface area contributed by atoms with E-state index in [9.17, 15) is 4.79 Å². The lowest BCUT2D eigenvalue weighted by Crippen LogP contribution is -2.23. The molecule has 0 aliphatic heterocycles. The molecule has 0 aliphatic carbocycles. The van der Waals surface area contributed by atoms with E-state index in [4.69, 9.17) is 11.6 Å². The standard InChI is InChI=1S/C18H13BrClN3O/c19-14-5-6-16(20)15(9-14)18(24)23-11-13-4-2-8-22-17(13)12-3-1-7-21-10-12/h1-10H,11H2,(H,23,24). The Bertz CT molecular complexity index is 871. The minimum Gasteiger partial charge on any atom is -0.348 e. The van der Waals surface area contributed by atoms with Gasteiger partial charge in [-0.15, -0.1) is 0 Å². The predicted octanol–water partition coefficient (Wildman–Crippen LogP) is 4.49. The van der Waals surface area contributed by atoms with Gasteiger partial charge in [0, 0.05) is 35.2 Å². The van der Waals surface area contributed by atoms with Crippen molar-refractivity contribution in [2.45, 2.75) is 6.54 Å². The van der Waals surface area contributed by atoms with Crippen LogP contribution in [-0.2, 0) is 6.54 Å². The van der Waals surface area contributed by atoms with Gasteiger partial charge in [0.2, 0.25) is 0 Å². The van der Waals surface area contributed by atoms with Gasteiger partial charge in [0.15, 0.2) is 0 Å². The molecule has 1 amide bonds. The number of aromatic nitrogens is 2. The van der Waals surface area contributed by atoms with Crippen LogP contribution in [0.4, 0.5) is 0 Å². The Balaban J connectivity index is 1.80. The molecule has 0 aliphatic rings. The Morgan fingerprint density at radius 1 is 1.17 bits per heavy atom. The van der Waals surface area contributed by atoms with Crippen molar-refractivity contribution in [2.75, 3.05) is 0 Å². The van der Waals surface area contributed by atoms with E-state index < -0.39 is 0 Å². The third-order valence-electron chi connectivity index (χ3n) is 3.44. The van der Waals surface area contributed by atoms with E-state index in [0.717, 1.165) is 21.3 Å². The summed E-state index contributed by atoms with van der Waals surface area (Å²) in [4.78, 5) is 20.9. The minimum atomic E-state index is -0.234. The smallest absolute Gasteiger partial charge is 0.253 e. The molecule has 0 fully saturated rings. The summed E-state index contributed by atoms with van der Waals surface area (Å²) < 4.78 is 0.800. The van der Waals surface area contributed by atoms with Gasteiger partial charge < -0.3 is 5.32 Å². The lowest BCUT2D eigenvalue weighted by molar-refractivity contribution is 0.0951. The van der Waals surface area contributed by atoms with Crippen LogP contribution in [0.15, 0.2) is 65.5 Å². The van der Waals surface area contributed by atoms with E-state index in [1.54, 1.807) is 36.8 Å². The zero-order valence-corrected chi connectivity index (χ0v) is 14.9. The highest BCUT2D eigenvalue weighted by molar-refractivity contribution is 9.10.